The summed E-state index contributed by atoms with van der Waals surface area (Å²) in [6, 6.07) is 0. The number of carbonyl (C=O) groups is 1. The lowest BCUT2D eigenvalue weighted by Gasteiger charge is -2.05. The average Bonchev–Trinajstić information content (AvgIpc) is 2.58. The molecule has 26 heavy (non-hydrogen) atoms. The number of rotatable bonds is 19. The Balaban J connectivity index is 3.40. The van der Waals surface area contributed by atoms with Gasteiger partial charge in [0.25, 0.3) is 0 Å². The number of unbranched alkanes of at least 4 members (excludes halogenated alkanes) is 12. The molecule has 0 saturated heterocycles. The van der Waals surface area contributed by atoms with Crippen molar-refractivity contribution >= 4 is 16.4 Å². The van der Waals surface area contributed by atoms with E-state index >= 15 is 0 Å². The Morgan fingerprint density at radius 2 is 1.23 bits per heavy atom. The lowest BCUT2D eigenvalue weighted by Crippen LogP contribution is -2.16. The SMILES string of the molecule is CCCCCCCCCCCCCCCC(=O)OS(=O)(=O)OCCCO. The fourth-order valence-electron chi connectivity index (χ4n) is 2.69. The maximum absolute atomic E-state index is 11.5. The first-order chi connectivity index (χ1) is 12.5. The van der Waals surface area contributed by atoms with Crippen molar-refractivity contribution in [1.29, 1.82) is 0 Å². The maximum Gasteiger partial charge on any atom is 0.451 e. The van der Waals surface area contributed by atoms with E-state index in [4.69, 9.17) is 5.11 Å². The Morgan fingerprint density at radius 1 is 0.769 bits per heavy atom. The van der Waals surface area contributed by atoms with Gasteiger partial charge >= 0.3 is 16.4 Å². The van der Waals surface area contributed by atoms with Crippen molar-refractivity contribution in [2.75, 3.05) is 13.2 Å². The van der Waals surface area contributed by atoms with Crippen molar-refractivity contribution < 1.29 is 26.7 Å². The van der Waals surface area contributed by atoms with Crippen LogP contribution in [0, 0.1) is 0 Å². The van der Waals surface area contributed by atoms with Gasteiger partial charge in [-0.25, -0.2) is 4.18 Å². The van der Waals surface area contributed by atoms with E-state index in [1.54, 1.807) is 0 Å². The molecule has 0 aromatic carbocycles. The van der Waals surface area contributed by atoms with Gasteiger partial charge in [0.15, 0.2) is 0 Å². The largest absolute Gasteiger partial charge is 0.451 e. The zero-order valence-corrected chi connectivity index (χ0v) is 17.2. The molecule has 0 amide bonds. The lowest BCUT2D eigenvalue weighted by molar-refractivity contribution is -0.134. The van der Waals surface area contributed by atoms with Crippen LogP contribution in [0.2, 0.25) is 0 Å². The molecule has 6 nitrogen and oxygen atoms in total. The molecule has 0 heterocycles. The van der Waals surface area contributed by atoms with Crippen molar-refractivity contribution in [2.24, 2.45) is 0 Å². The minimum atomic E-state index is -4.28. The van der Waals surface area contributed by atoms with Gasteiger partial charge in [-0.2, -0.15) is 8.42 Å². The molecular formula is C19H38O6S. The molecule has 7 heteroatoms. The van der Waals surface area contributed by atoms with Crippen LogP contribution in [-0.2, 0) is 23.6 Å². The van der Waals surface area contributed by atoms with Gasteiger partial charge in [-0.1, -0.05) is 84.0 Å². The van der Waals surface area contributed by atoms with Crippen LogP contribution in [0.5, 0.6) is 0 Å². The summed E-state index contributed by atoms with van der Waals surface area (Å²) in [5, 5.41) is 8.55. The van der Waals surface area contributed by atoms with Gasteiger partial charge < -0.3 is 9.29 Å². The van der Waals surface area contributed by atoms with E-state index in [0.717, 1.165) is 19.3 Å². The summed E-state index contributed by atoms with van der Waals surface area (Å²) in [5.41, 5.74) is 0. The number of carbonyl (C=O) groups excluding carboxylic acids is 1. The first-order valence-corrected chi connectivity index (χ1v) is 11.6. The molecule has 0 bridgehead atoms. The van der Waals surface area contributed by atoms with Gasteiger partial charge in [-0.3, -0.25) is 4.79 Å². The second-order valence-corrected chi connectivity index (χ2v) is 7.97. The van der Waals surface area contributed by atoms with Crippen LogP contribution in [-0.4, -0.2) is 32.7 Å². The predicted octanol–water partition coefficient (Wildman–Crippen LogP) is 4.65. The third kappa shape index (κ3) is 18.1. The normalized spacial score (nSPS) is 11.6. The van der Waals surface area contributed by atoms with E-state index in [0.29, 0.717) is 6.42 Å². The van der Waals surface area contributed by atoms with Gasteiger partial charge in [-0.05, 0) is 12.8 Å². The van der Waals surface area contributed by atoms with E-state index in [2.05, 4.69) is 15.3 Å². The van der Waals surface area contributed by atoms with Crippen LogP contribution in [0.25, 0.3) is 0 Å². The molecular weight excluding hydrogens is 356 g/mol. The fraction of sp³-hybridized carbons (Fsp3) is 0.947. The summed E-state index contributed by atoms with van der Waals surface area (Å²) in [4.78, 5) is 11.5. The Hall–Kier alpha value is -0.660. The van der Waals surface area contributed by atoms with Crippen LogP contribution in [0.3, 0.4) is 0 Å². The number of hydrogen-bond acceptors (Lipinski definition) is 6. The molecule has 0 aliphatic rings. The number of aliphatic hydroxyl groups excluding tert-OH is 1. The summed E-state index contributed by atoms with van der Waals surface area (Å²) in [6.45, 7) is 1.87. The summed E-state index contributed by atoms with van der Waals surface area (Å²) >= 11 is 0. The second-order valence-electron chi connectivity index (χ2n) is 6.76. The monoisotopic (exact) mass is 394 g/mol. The Bertz CT molecular complexity index is 422. The van der Waals surface area contributed by atoms with Gasteiger partial charge in [0.1, 0.15) is 0 Å². The Morgan fingerprint density at radius 3 is 1.69 bits per heavy atom. The van der Waals surface area contributed by atoms with Crippen LogP contribution < -0.4 is 0 Å². The first-order valence-electron chi connectivity index (χ1n) is 10.2. The maximum atomic E-state index is 11.5. The number of hydrogen-bond donors (Lipinski definition) is 1. The van der Waals surface area contributed by atoms with Crippen LogP contribution >= 0.6 is 0 Å². The molecule has 0 saturated carbocycles. The van der Waals surface area contributed by atoms with Crippen LogP contribution in [0.4, 0.5) is 0 Å². The van der Waals surface area contributed by atoms with E-state index in [1.807, 2.05) is 0 Å². The quantitative estimate of drug-likeness (QED) is 0.321. The highest BCUT2D eigenvalue weighted by Crippen LogP contribution is 2.13. The molecule has 0 aromatic rings. The molecule has 0 aliphatic carbocycles. The average molecular weight is 395 g/mol. The molecule has 0 fully saturated rings. The van der Waals surface area contributed by atoms with Crippen molar-refractivity contribution in [1.82, 2.24) is 0 Å². The molecule has 0 unspecified atom stereocenters. The lowest BCUT2D eigenvalue weighted by atomic mass is 10.0. The highest BCUT2D eigenvalue weighted by molar-refractivity contribution is 7.82. The molecule has 0 atom stereocenters. The topological polar surface area (TPSA) is 89.9 Å². The van der Waals surface area contributed by atoms with Crippen molar-refractivity contribution in [3.8, 4) is 0 Å². The van der Waals surface area contributed by atoms with E-state index in [1.165, 1.54) is 57.8 Å². The zero-order chi connectivity index (χ0) is 19.5. The molecule has 0 aromatic heterocycles. The summed E-state index contributed by atoms with van der Waals surface area (Å²) < 4.78 is 31.4. The summed E-state index contributed by atoms with van der Waals surface area (Å²) in [7, 11) is -4.28. The molecule has 156 valence electrons. The van der Waals surface area contributed by atoms with Gasteiger partial charge in [-0.15, -0.1) is 0 Å². The standard InChI is InChI=1S/C19H38O6S/c1-2-3-4-5-6-7-8-9-10-11-12-13-14-16-19(21)25-26(22,23)24-18-15-17-20/h20H,2-18H2,1H3. The molecule has 0 aliphatic heterocycles. The first kappa shape index (κ1) is 25.3. The van der Waals surface area contributed by atoms with Gasteiger partial charge in [0.05, 0.1) is 6.61 Å². The van der Waals surface area contributed by atoms with Gasteiger partial charge in [0.2, 0.25) is 0 Å². The highest BCUT2D eigenvalue weighted by Gasteiger charge is 2.17. The summed E-state index contributed by atoms with van der Waals surface area (Å²) in [5.74, 6) is -0.780. The van der Waals surface area contributed by atoms with Crippen molar-refractivity contribution in [3.05, 3.63) is 0 Å². The molecule has 0 spiro atoms. The summed E-state index contributed by atoms with van der Waals surface area (Å²) in [6.07, 6.45) is 15.9. The highest BCUT2D eigenvalue weighted by atomic mass is 32.3. The van der Waals surface area contributed by atoms with Crippen molar-refractivity contribution in [3.63, 3.8) is 0 Å². The van der Waals surface area contributed by atoms with E-state index < -0.39 is 16.4 Å². The minimum absolute atomic E-state index is 0.0837. The smallest absolute Gasteiger partial charge is 0.396 e. The van der Waals surface area contributed by atoms with Crippen LogP contribution in [0.15, 0.2) is 0 Å². The Labute approximate surface area is 160 Å². The molecule has 1 N–H and O–H groups in total. The van der Waals surface area contributed by atoms with Gasteiger partial charge in [0, 0.05) is 13.0 Å². The van der Waals surface area contributed by atoms with E-state index in [-0.39, 0.29) is 26.1 Å². The van der Waals surface area contributed by atoms with Crippen molar-refractivity contribution in [2.45, 2.75) is 103 Å². The zero-order valence-electron chi connectivity index (χ0n) is 16.4. The van der Waals surface area contributed by atoms with Crippen LogP contribution in [0.1, 0.15) is 103 Å². The number of aliphatic hydroxyl groups is 1. The third-order valence-corrected chi connectivity index (χ3v) is 5.05. The third-order valence-electron chi connectivity index (χ3n) is 4.21. The van der Waals surface area contributed by atoms with E-state index in [9.17, 15) is 13.2 Å². The fourth-order valence-corrected chi connectivity index (χ4v) is 3.37. The minimum Gasteiger partial charge on any atom is -0.396 e. The molecule has 0 radical (unpaired) electrons. The second kappa shape index (κ2) is 17.7. The Kier molecular flexibility index (Phi) is 17.3. The predicted molar refractivity (Wildman–Crippen MR) is 103 cm³/mol. The molecule has 0 rings (SSSR count).